The highest BCUT2D eigenvalue weighted by Crippen LogP contribution is 2.41. The zero-order valence-electron chi connectivity index (χ0n) is 10.8. The van der Waals surface area contributed by atoms with Gasteiger partial charge < -0.3 is 0 Å². The quantitative estimate of drug-likeness (QED) is 0.606. The Morgan fingerprint density at radius 3 is 2.53 bits per heavy atom. The largest absolute Gasteiger partial charge is 0.0829 e. The summed E-state index contributed by atoms with van der Waals surface area (Å²) in [5, 5.41) is 0. The van der Waals surface area contributed by atoms with Gasteiger partial charge in [-0.3, -0.25) is 0 Å². The maximum Gasteiger partial charge on any atom is 0.0358 e. The second-order valence-corrected chi connectivity index (χ2v) is 5.51. The average molecular weight is 244 g/mol. The van der Waals surface area contributed by atoms with E-state index in [1.54, 1.807) is 0 Å². The summed E-state index contributed by atoms with van der Waals surface area (Å²) in [5.74, 6) is 0. The van der Waals surface area contributed by atoms with Gasteiger partial charge in [0.15, 0.2) is 0 Å². The molecule has 0 saturated carbocycles. The van der Waals surface area contributed by atoms with Crippen molar-refractivity contribution in [3.05, 3.63) is 89.0 Å². The predicted molar refractivity (Wildman–Crippen MR) is 80.1 cm³/mol. The maximum atomic E-state index is 2.39. The van der Waals surface area contributed by atoms with Gasteiger partial charge in [0.2, 0.25) is 0 Å². The fourth-order valence-electron chi connectivity index (χ4n) is 3.41. The zero-order chi connectivity index (χ0) is 12.7. The van der Waals surface area contributed by atoms with Gasteiger partial charge in [0.25, 0.3) is 0 Å². The minimum atomic E-state index is 0.0726. The molecule has 0 fully saturated rings. The molecule has 2 aromatic rings. The molecule has 0 N–H and O–H groups in total. The molecule has 19 heavy (non-hydrogen) atoms. The summed E-state index contributed by atoms with van der Waals surface area (Å²) >= 11 is 0. The highest BCUT2D eigenvalue weighted by Gasteiger charge is 2.33. The molecule has 0 heterocycles. The summed E-state index contributed by atoms with van der Waals surface area (Å²) in [5.41, 5.74) is 5.83. The fraction of sp³-hybridized carbons (Fsp3) is 0.158. The molecule has 1 unspecified atom stereocenters. The van der Waals surface area contributed by atoms with Crippen LogP contribution in [0.2, 0.25) is 0 Å². The van der Waals surface area contributed by atoms with Crippen molar-refractivity contribution < 1.29 is 0 Å². The molecule has 92 valence electrons. The van der Waals surface area contributed by atoms with Crippen molar-refractivity contribution in [3.8, 4) is 0 Å². The van der Waals surface area contributed by atoms with Gasteiger partial charge >= 0.3 is 0 Å². The second kappa shape index (κ2) is 3.96. The van der Waals surface area contributed by atoms with Crippen LogP contribution >= 0.6 is 0 Å². The molecule has 2 aliphatic rings. The number of allylic oxidation sites excluding steroid dienone is 3. The normalized spacial score (nSPS) is 23.2. The minimum absolute atomic E-state index is 0.0726. The van der Waals surface area contributed by atoms with Gasteiger partial charge in [-0.25, -0.2) is 0 Å². The second-order valence-electron chi connectivity index (χ2n) is 5.51. The summed E-state index contributed by atoms with van der Waals surface area (Å²) in [6.07, 6.45) is 11.5. The van der Waals surface area contributed by atoms with Gasteiger partial charge in [0.05, 0.1) is 0 Å². The number of fused-ring (bicyclic) bond motifs is 3. The SMILES string of the molecule is C1=CC2(C=Cc3ccccc3C2)c2ccccc2C1. The van der Waals surface area contributed by atoms with Gasteiger partial charge in [0, 0.05) is 5.41 Å². The molecule has 0 amide bonds. The van der Waals surface area contributed by atoms with Crippen molar-refractivity contribution in [1.82, 2.24) is 0 Å². The first-order valence-electron chi connectivity index (χ1n) is 6.91. The van der Waals surface area contributed by atoms with Gasteiger partial charge in [-0.1, -0.05) is 72.8 Å². The number of hydrogen-bond acceptors (Lipinski definition) is 0. The van der Waals surface area contributed by atoms with Gasteiger partial charge in [-0.2, -0.15) is 0 Å². The van der Waals surface area contributed by atoms with Crippen molar-refractivity contribution in [2.24, 2.45) is 0 Å². The van der Waals surface area contributed by atoms with Crippen molar-refractivity contribution in [2.45, 2.75) is 18.3 Å². The van der Waals surface area contributed by atoms with E-state index >= 15 is 0 Å². The third kappa shape index (κ3) is 1.60. The van der Waals surface area contributed by atoms with E-state index in [4.69, 9.17) is 0 Å². The Hall–Kier alpha value is -2.08. The van der Waals surface area contributed by atoms with Crippen LogP contribution in [0.5, 0.6) is 0 Å². The first kappa shape index (κ1) is 10.8. The number of benzene rings is 2. The molecule has 0 aliphatic heterocycles. The van der Waals surface area contributed by atoms with E-state index in [0.29, 0.717) is 0 Å². The standard InChI is InChI=1S/C19H16/c1-2-8-17-14-19(13-11-15(17)6-1)12-5-9-16-7-3-4-10-18(16)19/h1-8,10-13H,9,14H2. The molecule has 2 aliphatic carbocycles. The monoisotopic (exact) mass is 244 g/mol. The average Bonchev–Trinajstić information content (AvgIpc) is 2.48. The number of hydrogen-bond donors (Lipinski definition) is 0. The summed E-state index contributed by atoms with van der Waals surface area (Å²) in [4.78, 5) is 0. The van der Waals surface area contributed by atoms with Crippen LogP contribution in [0, 0.1) is 0 Å². The predicted octanol–water partition coefficient (Wildman–Crippen LogP) is 4.31. The van der Waals surface area contributed by atoms with E-state index in [1.807, 2.05) is 0 Å². The van der Waals surface area contributed by atoms with Crippen LogP contribution in [0.15, 0.2) is 66.8 Å². The lowest BCUT2D eigenvalue weighted by molar-refractivity contribution is 0.640. The van der Waals surface area contributed by atoms with Crippen molar-refractivity contribution >= 4 is 6.08 Å². The fourth-order valence-corrected chi connectivity index (χ4v) is 3.41. The smallest absolute Gasteiger partial charge is 0.0358 e. The van der Waals surface area contributed by atoms with Gasteiger partial charge in [0.1, 0.15) is 0 Å². The van der Waals surface area contributed by atoms with Crippen LogP contribution in [0.4, 0.5) is 0 Å². The molecular weight excluding hydrogens is 228 g/mol. The maximum absolute atomic E-state index is 2.39. The lowest BCUT2D eigenvalue weighted by Crippen LogP contribution is -2.29. The van der Waals surface area contributed by atoms with Crippen LogP contribution in [0.3, 0.4) is 0 Å². The van der Waals surface area contributed by atoms with E-state index in [-0.39, 0.29) is 5.41 Å². The topological polar surface area (TPSA) is 0 Å². The molecule has 0 heteroatoms. The summed E-state index contributed by atoms with van der Waals surface area (Å²) < 4.78 is 0. The van der Waals surface area contributed by atoms with Crippen LogP contribution in [0.1, 0.15) is 22.3 Å². The van der Waals surface area contributed by atoms with E-state index in [2.05, 4.69) is 72.8 Å². The molecular formula is C19H16. The van der Waals surface area contributed by atoms with E-state index in [9.17, 15) is 0 Å². The summed E-state index contributed by atoms with van der Waals surface area (Å²) in [7, 11) is 0. The Morgan fingerprint density at radius 2 is 1.58 bits per heavy atom. The third-order valence-electron chi connectivity index (χ3n) is 4.37. The van der Waals surface area contributed by atoms with Crippen LogP contribution < -0.4 is 0 Å². The van der Waals surface area contributed by atoms with Crippen molar-refractivity contribution in [1.29, 1.82) is 0 Å². The molecule has 0 aromatic heterocycles. The summed E-state index contributed by atoms with van der Waals surface area (Å²) in [6, 6.07) is 17.6. The highest BCUT2D eigenvalue weighted by molar-refractivity contribution is 5.63. The van der Waals surface area contributed by atoms with E-state index in [1.165, 1.54) is 22.3 Å². The summed E-state index contributed by atoms with van der Waals surface area (Å²) in [6.45, 7) is 0. The molecule has 0 radical (unpaired) electrons. The molecule has 1 spiro atoms. The number of rotatable bonds is 0. The van der Waals surface area contributed by atoms with Crippen molar-refractivity contribution in [3.63, 3.8) is 0 Å². The van der Waals surface area contributed by atoms with E-state index in [0.717, 1.165) is 12.8 Å². The van der Waals surface area contributed by atoms with Crippen molar-refractivity contribution in [2.75, 3.05) is 0 Å². The molecule has 2 aromatic carbocycles. The Kier molecular flexibility index (Phi) is 2.25. The van der Waals surface area contributed by atoms with Gasteiger partial charge in [-0.05, 0) is 35.1 Å². The Labute approximate surface area is 114 Å². The molecule has 0 bridgehead atoms. The van der Waals surface area contributed by atoms with Crippen LogP contribution in [-0.2, 0) is 18.3 Å². The molecule has 0 nitrogen and oxygen atoms in total. The van der Waals surface area contributed by atoms with Crippen LogP contribution in [0.25, 0.3) is 6.08 Å². The molecule has 1 atom stereocenters. The Bertz CT molecular complexity index is 691. The first-order valence-corrected chi connectivity index (χ1v) is 6.91. The molecule has 4 rings (SSSR count). The zero-order valence-corrected chi connectivity index (χ0v) is 10.8. The Morgan fingerprint density at radius 1 is 0.789 bits per heavy atom. The Balaban J connectivity index is 1.89. The molecule has 0 saturated heterocycles. The lowest BCUT2D eigenvalue weighted by atomic mass is 9.68. The lowest BCUT2D eigenvalue weighted by Gasteiger charge is -2.36. The van der Waals surface area contributed by atoms with E-state index < -0.39 is 0 Å². The first-order chi connectivity index (χ1) is 9.37. The van der Waals surface area contributed by atoms with Crippen LogP contribution in [-0.4, -0.2) is 0 Å². The minimum Gasteiger partial charge on any atom is -0.0829 e. The highest BCUT2D eigenvalue weighted by atomic mass is 14.4. The van der Waals surface area contributed by atoms with Gasteiger partial charge in [-0.15, -0.1) is 0 Å². The third-order valence-corrected chi connectivity index (χ3v) is 4.37.